The van der Waals surface area contributed by atoms with Crippen molar-refractivity contribution in [2.75, 3.05) is 0 Å². The molecule has 0 aliphatic rings. The summed E-state index contributed by atoms with van der Waals surface area (Å²) in [4.78, 5) is -0.170. The highest BCUT2D eigenvalue weighted by molar-refractivity contribution is 7.85. The second-order valence-electron chi connectivity index (χ2n) is 6.76. The van der Waals surface area contributed by atoms with Crippen molar-refractivity contribution in [3.8, 4) is 17.2 Å². The van der Waals surface area contributed by atoms with E-state index in [1.807, 2.05) is 0 Å². The van der Waals surface area contributed by atoms with Crippen LogP contribution in [0.1, 0.15) is 57.4 Å². The molecule has 0 aliphatic heterocycles. The molecule has 0 saturated carbocycles. The maximum Gasteiger partial charge on any atom is 0.294 e. The fraction of sp³-hybridized carbons (Fsp3) is 0.429. The van der Waals surface area contributed by atoms with Crippen LogP contribution < -0.4 is 4.74 Å². The minimum atomic E-state index is -4.31. The van der Waals surface area contributed by atoms with Gasteiger partial charge >= 0.3 is 0 Å². The van der Waals surface area contributed by atoms with Crippen molar-refractivity contribution in [3.63, 3.8) is 0 Å². The Morgan fingerprint density at radius 2 is 1.48 bits per heavy atom. The fourth-order valence-electron chi connectivity index (χ4n) is 2.92. The Hall–Kier alpha value is -2.05. The summed E-state index contributed by atoms with van der Waals surface area (Å²) in [6.45, 7) is 2.19. The van der Waals surface area contributed by atoms with E-state index in [0.29, 0.717) is 11.5 Å². The van der Waals surface area contributed by atoms with Crippen LogP contribution in [-0.2, 0) is 16.5 Å². The van der Waals surface area contributed by atoms with E-state index in [9.17, 15) is 18.1 Å². The van der Waals surface area contributed by atoms with Crippen LogP contribution in [0.2, 0.25) is 0 Å². The Labute approximate surface area is 161 Å². The summed E-state index contributed by atoms with van der Waals surface area (Å²) in [6.07, 6.45) is 8.94. The summed E-state index contributed by atoms with van der Waals surface area (Å²) in [5.74, 6) is 0.935. The Morgan fingerprint density at radius 1 is 0.852 bits per heavy atom. The van der Waals surface area contributed by atoms with Crippen LogP contribution in [0.15, 0.2) is 47.4 Å². The Bertz CT molecular complexity index is 813. The Morgan fingerprint density at radius 3 is 2.11 bits per heavy atom. The van der Waals surface area contributed by atoms with E-state index in [0.717, 1.165) is 24.8 Å². The monoisotopic (exact) mass is 392 g/mol. The molecule has 5 nitrogen and oxygen atoms in total. The Kier molecular flexibility index (Phi) is 8.13. The summed E-state index contributed by atoms with van der Waals surface area (Å²) in [6, 6.07) is 10.7. The van der Waals surface area contributed by atoms with Gasteiger partial charge in [0, 0.05) is 6.07 Å². The summed E-state index contributed by atoms with van der Waals surface area (Å²) in [5.41, 5.74) is 0.812. The maximum atomic E-state index is 11.6. The predicted octanol–water partition coefficient (Wildman–Crippen LogP) is 5.72. The van der Waals surface area contributed by atoms with Gasteiger partial charge in [0.1, 0.15) is 17.2 Å². The molecule has 2 aromatic rings. The second kappa shape index (κ2) is 10.3. The lowest BCUT2D eigenvalue weighted by atomic mass is 10.0. The van der Waals surface area contributed by atoms with E-state index in [1.54, 1.807) is 18.2 Å². The van der Waals surface area contributed by atoms with E-state index >= 15 is 0 Å². The first kappa shape index (κ1) is 21.3. The smallest absolute Gasteiger partial charge is 0.294 e. The van der Waals surface area contributed by atoms with Crippen molar-refractivity contribution < 1.29 is 22.8 Å². The van der Waals surface area contributed by atoms with Gasteiger partial charge in [-0.05, 0) is 54.8 Å². The third-order valence-corrected chi connectivity index (χ3v) is 5.21. The average Bonchev–Trinajstić information content (AvgIpc) is 2.62. The fourth-order valence-corrected chi connectivity index (χ4v) is 3.48. The number of hydrogen-bond donors (Lipinski definition) is 2. The molecule has 148 valence electrons. The van der Waals surface area contributed by atoms with E-state index in [4.69, 9.17) is 4.74 Å². The highest BCUT2D eigenvalue weighted by Crippen LogP contribution is 2.28. The highest BCUT2D eigenvalue weighted by atomic mass is 32.2. The van der Waals surface area contributed by atoms with Crippen LogP contribution >= 0.6 is 0 Å². The van der Waals surface area contributed by atoms with Gasteiger partial charge in [0.25, 0.3) is 10.1 Å². The number of aromatic hydroxyl groups is 1. The van der Waals surface area contributed by atoms with Gasteiger partial charge in [-0.15, -0.1) is 0 Å². The van der Waals surface area contributed by atoms with Crippen molar-refractivity contribution in [3.05, 3.63) is 48.0 Å². The van der Waals surface area contributed by atoms with Crippen molar-refractivity contribution >= 4 is 10.1 Å². The molecule has 27 heavy (non-hydrogen) atoms. The summed E-state index contributed by atoms with van der Waals surface area (Å²) in [7, 11) is -4.31. The van der Waals surface area contributed by atoms with Gasteiger partial charge in [-0.1, -0.05) is 45.4 Å². The van der Waals surface area contributed by atoms with Crippen LogP contribution in [0, 0.1) is 0 Å². The zero-order valence-corrected chi connectivity index (χ0v) is 16.5. The van der Waals surface area contributed by atoms with E-state index in [-0.39, 0.29) is 10.6 Å². The number of hydrogen-bond acceptors (Lipinski definition) is 4. The number of aryl methyl sites for hydroxylation is 1. The van der Waals surface area contributed by atoms with Crippen molar-refractivity contribution in [1.29, 1.82) is 0 Å². The number of rotatable bonds is 11. The lowest BCUT2D eigenvalue weighted by Crippen LogP contribution is -2.00. The van der Waals surface area contributed by atoms with Crippen LogP contribution in [0.5, 0.6) is 17.2 Å². The molecule has 2 N–H and O–H groups in total. The van der Waals surface area contributed by atoms with Gasteiger partial charge in [-0.3, -0.25) is 4.55 Å². The number of ether oxygens (including phenoxy) is 1. The highest BCUT2D eigenvalue weighted by Gasteiger charge is 2.13. The number of unbranched alkanes of at least 4 members (excludes halogenated alkanes) is 6. The van der Waals surface area contributed by atoms with Gasteiger partial charge in [0.05, 0.1) is 4.90 Å². The topological polar surface area (TPSA) is 83.8 Å². The molecule has 2 aromatic carbocycles. The molecule has 0 fully saturated rings. The number of phenols is 1. The molecule has 0 aliphatic carbocycles. The quantitative estimate of drug-likeness (QED) is 0.377. The summed E-state index contributed by atoms with van der Waals surface area (Å²) >= 11 is 0. The molecular formula is C21H28O5S. The standard InChI is InChI=1S/C21H28O5S/c1-2-3-4-5-6-7-8-9-17-14-20(16-21(15-17)27(23,24)25)26-19-12-10-18(22)11-13-19/h10-16,22H,2-9H2,1H3,(H,23,24,25). The lowest BCUT2D eigenvalue weighted by Gasteiger charge is -2.10. The number of benzene rings is 2. The third kappa shape index (κ3) is 7.61. The molecule has 0 atom stereocenters. The molecule has 0 radical (unpaired) electrons. The largest absolute Gasteiger partial charge is 0.508 e. The molecule has 0 unspecified atom stereocenters. The minimum Gasteiger partial charge on any atom is -0.508 e. The molecular weight excluding hydrogens is 364 g/mol. The van der Waals surface area contributed by atoms with Gasteiger partial charge in [-0.2, -0.15) is 8.42 Å². The first-order valence-electron chi connectivity index (χ1n) is 9.47. The Balaban J connectivity index is 2.04. The van der Waals surface area contributed by atoms with Gasteiger partial charge in [0.15, 0.2) is 0 Å². The van der Waals surface area contributed by atoms with Crippen LogP contribution in [0.3, 0.4) is 0 Å². The van der Waals surface area contributed by atoms with E-state index in [1.165, 1.54) is 56.4 Å². The average molecular weight is 393 g/mol. The van der Waals surface area contributed by atoms with E-state index < -0.39 is 10.1 Å². The van der Waals surface area contributed by atoms with Crippen LogP contribution in [-0.4, -0.2) is 18.1 Å². The molecule has 0 spiro atoms. The molecule has 0 heterocycles. The first-order chi connectivity index (χ1) is 12.9. The van der Waals surface area contributed by atoms with Crippen LogP contribution in [0.4, 0.5) is 0 Å². The molecule has 2 rings (SSSR count). The minimum absolute atomic E-state index is 0.119. The molecule has 0 saturated heterocycles. The molecule has 0 amide bonds. The van der Waals surface area contributed by atoms with Crippen molar-refractivity contribution in [2.24, 2.45) is 0 Å². The second-order valence-corrected chi connectivity index (χ2v) is 8.18. The molecule has 0 aromatic heterocycles. The SMILES string of the molecule is CCCCCCCCCc1cc(Oc2ccc(O)cc2)cc(S(=O)(=O)O)c1. The van der Waals surface area contributed by atoms with Gasteiger partial charge in [0.2, 0.25) is 0 Å². The molecule has 0 bridgehead atoms. The summed E-state index contributed by atoms with van der Waals surface area (Å²) in [5, 5.41) is 9.34. The number of phenolic OH excluding ortho intramolecular Hbond substituents is 1. The third-order valence-electron chi connectivity index (χ3n) is 4.38. The van der Waals surface area contributed by atoms with Crippen molar-refractivity contribution in [1.82, 2.24) is 0 Å². The molecule has 6 heteroatoms. The normalized spacial score (nSPS) is 11.5. The zero-order chi connectivity index (χ0) is 19.7. The van der Waals surface area contributed by atoms with Crippen LogP contribution in [0.25, 0.3) is 0 Å². The van der Waals surface area contributed by atoms with Gasteiger partial charge < -0.3 is 9.84 Å². The maximum absolute atomic E-state index is 11.6. The zero-order valence-electron chi connectivity index (χ0n) is 15.7. The van der Waals surface area contributed by atoms with Crippen molar-refractivity contribution in [2.45, 2.75) is 63.2 Å². The first-order valence-corrected chi connectivity index (χ1v) is 10.9. The van der Waals surface area contributed by atoms with Gasteiger partial charge in [-0.25, -0.2) is 0 Å². The lowest BCUT2D eigenvalue weighted by molar-refractivity contribution is 0.461. The predicted molar refractivity (Wildman–Crippen MR) is 106 cm³/mol. The summed E-state index contributed by atoms with van der Waals surface area (Å²) < 4.78 is 38.3. The van der Waals surface area contributed by atoms with E-state index in [2.05, 4.69) is 6.92 Å².